The summed E-state index contributed by atoms with van der Waals surface area (Å²) in [5.41, 5.74) is 1.47. The predicted molar refractivity (Wildman–Crippen MR) is 84.9 cm³/mol. The van der Waals surface area contributed by atoms with Gasteiger partial charge in [0.25, 0.3) is 0 Å². The Morgan fingerprint density at radius 2 is 1.38 bits per heavy atom. The quantitative estimate of drug-likeness (QED) is 0.894. The summed E-state index contributed by atoms with van der Waals surface area (Å²) >= 11 is 0. The maximum Gasteiger partial charge on any atom is 0.127 e. The number of benzene rings is 2. The molecule has 2 aromatic carbocycles. The van der Waals surface area contributed by atoms with Crippen molar-refractivity contribution in [1.82, 2.24) is 5.32 Å². The largest absolute Gasteiger partial charge is 0.457 e. The van der Waals surface area contributed by atoms with Crippen LogP contribution >= 0.6 is 0 Å². The van der Waals surface area contributed by atoms with E-state index in [-0.39, 0.29) is 0 Å². The molecular formula is C19H21NO. The highest BCUT2D eigenvalue weighted by atomic mass is 16.5. The average molecular weight is 279 g/mol. The highest BCUT2D eigenvalue weighted by molar-refractivity contribution is 5.34. The number of rotatable bonds is 3. The van der Waals surface area contributed by atoms with E-state index in [1.54, 1.807) is 0 Å². The third-order valence-electron chi connectivity index (χ3n) is 4.80. The minimum Gasteiger partial charge on any atom is -0.457 e. The second-order valence-corrected chi connectivity index (χ2v) is 6.29. The van der Waals surface area contributed by atoms with Crippen LogP contribution in [0.15, 0.2) is 54.6 Å². The molecule has 0 saturated carbocycles. The number of piperidine rings is 1. The Hall–Kier alpha value is -1.80. The number of ether oxygens (including phenoxy) is 1. The fourth-order valence-electron chi connectivity index (χ4n) is 3.76. The molecule has 2 aliphatic rings. The molecule has 0 radical (unpaired) electrons. The van der Waals surface area contributed by atoms with E-state index >= 15 is 0 Å². The SMILES string of the molecule is c1ccc(Oc2ccc(C3C[C@H]4CC[C@@H](C3)N4)cc2)cc1. The molecule has 1 N–H and O–H groups in total. The van der Waals surface area contributed by atoms with E-state index in [9.17, 15) is 0 Å². The first-order chi connectivity index (χ1) is 10.4. The lowest BCUT2D eigenvalue weighted by Gasteiger charge is -2.29. The first-order valence-corrected chi connectivity index (χ1v) is 7.96. The minimum atomic E-state index is 0.717. The smallest absolute Gasteiger partial charge is 0.127 e. The third kappa shape index (κ3) is 2.81. The molecule has 3 atom stereocenters. The Balaban J connectivity index is 1.46. The first-order valence-electron chi connectivity index (χ1n) is 7.96. The van der Waals surface area contributed by atoms with Crippen LogP contribution in [0.3, 0.4) is 0 Å². The van der Waals surface area contributed by atoms with E-state index in [0.717, 1.165) is 29.5 Å². The third-order valence-corrected chi connectivity index (χ3v) is 4.80. The normalized spacial score (nSPS) is 27.5. The van der Waals surface area contributed by atoms with Gasteiger partial charge in [0.2, 0.25) is 0 Å². The van der Waals surface area contributed by atoms with Gasteiger partial charge in [0.05, 0.1) is 0 Å². The number of para-hydroxylation sites is 1. The second kappa shape index (κ2) is 5.53. The second-order valence-electron chi connectivity index (χ2n) is 6.29. The van der Waals surface area contributed by atoms with E-state index in [0.29, 0.717) is 0 Å². The zero-order valence-corrected chi connectivity index (χ0v) is 12.2. The molecule has 2 heteroatoms. The molecule has 1 unspecified atom stereocenters. The molecule has 0 amide bonds. The van der Waals surface area contributed by atoms with E-state index in [4.69, 9.17) is 4.74 Å². The molecule has 0 spiro atoms. The molecule has 21 heavy (non-hydrogen) atoms. The van der Waals surface area contributed by atoms with E-state index < -0.39 is 0 Å². The van der Waals surface area contributed by atoms with Gasteiger partial charge < -0.3 is 10.1 Å². The summed E-state index contributed by atoms with van der Waals surface area (Å²) in [6.45, 7) is 0. The average Bonchev–Trinajstić information content (AvgIpc) is 2.87. The lowest BCUT2D eigenvalue weighted by molar-refractivity contribution is 0.363. The van der Waals surface area contributed by atoms with Gasteiger partial charge >= 0.3 is 0 Å². The summed E-state index contributed by atoms with van der Waals surface area (Å²) in [7, 11) is 0. The van der Waals surface area contributed by atoms with Crippen LogP contribution in [0.1, 0.15) is 37.2 Å². The van der Waals surface area contributed by atoms with Crippen LogP contribution in [0.25, 0.3) is 0 Å². The Kier molecular flexibility index (Phi) is 3.40. The Labute approximate surface area is 126 Å². The van der Waals surface area contributed by atoms with Gasteiger partial charge in [0, 0.05) is 12.1 Å². The molecule has 2 heterocycles. The van der Waals surface area contributed by atoms with Crippen molar-refractivity contribution in [2.75, 3.05) is 0 Å². The summed E-state index contributed by atoms with van der Waals surface area (Å²) in [5.74, 6) is 2.53. The fraction of sp³-hybridized carbons (Fsp3) is 0.368. The predicted octanol–water partition coefficient (Wildman–Crippen LogP) is 4.48. The lowest BCUT2D eigenvalue weighted by Crippen LogP contribution is -2.37. The molecule has 2 saturated heterocycles. The number of nitrogens with one attached hydrogen (secondary N) is 1. The highest BCUT2D eigenvalue weighted by Crippen LogP contribution is 2.37. The van der Waals surface area contributed by atoms with Crippen LogP contribution in [0, 0.1) is 0 Å². The van der Waals surface area contributed by atoms with Crippen LogP contribution in [-0.4, -0.2) is 12.1 Å². The highest BCUT2D eigenvalue weighted by Gasteiger charge is 2.33. The molecule has 2 nitrogen and oxygen atoms in total. The molecule has 0 aliphatic carbocycles. The maximum absolute atomic E-state index is 5.86. The van der Waals surface area contributed by atoms with Crippen molar-refractivity contribution >= 4 is 0 Å². The van der Waals surface area contributed by atoms with Gasteiger partial charge in [-0.1, -0.05) is 30.3 Å². The van der Waals surface area contributed by atoms with Crippen molar-refractivity contribution in [2.45, 2.75) is 43.7 Å². The van der Waals surface area contributed by atoms with Crippen LogP contribution in [0.4, 0.5) is 0 Å². The zero-order chi connectivity index (χ0) is 14.1. The van der Waals surface area contributed by atoms with Gasteiger partial charge in [-0.3, -0.25) is 0 Å². The standard InChI is InChI=1S/C19H21NO/c1-2-4-18(5-3-1)21-19-10-6-14(7-11-19)15-12-16-8-9-17(13-15)20-16/h1-7,10-11,15-17,20H,8-9,12-13H2/t15?,16-,17+. The molecule has 4 rings (SSSR count). The van der Waals surface area contributed by atoms with Gasteiger partial charge in [0.15, 0.2) is 0 Å². The molecule has 2 aliphatic heterocycles. The minimum absolute atomic E-state index is 0.717. The van der Waals surface area contributed by atoms with Gasteiger partial charge in [-0.15, -0.1) is 0 Å². The zero-order valence-electron chi connectivity index (χ0n) is 12.2. The van der Waals surface area contributed by atoms with Crippen molar-refractivity contribution in [3.8, 4) is 11.5 Å². The van der Waals surface area contributed by atoms with Crippen molar-refractivity contribution in [2.24, 2.45) is 0 Å². The van der Waals surface area contributed by atoms with Crippen molar-refractivity contribution < 1.29 is 4.74 Å². The van der Waals surface area contributed by atoms with Crippen molar-refractivity contribution in [1.29, 1.82) is 0 Å². The monoisotopic (exact) mass is 279 g/mol. The topological polar surface area (TPSA) is 21.3 Å². The summed E-state index contributed by atoms with van der Waals surface area (Å²) in [4.78, 5) is 0. The van der Waals surface area contributed by atoms with Crippen LogP contribution in [0.2, 0.25) is 0 Å². The van der Waals surface area contributed by atoms with Crippen LogP contribution < -0.4 is 10.1 Å². The van der Waals surface area contributed by atoms with Gasteiger partial charge in [-0.2, -0.15) is 0 Å². The van der Waals surface area contributed by atoms with Crippen LogP contribution in [0.5, 0.6) is 11.5 Å². The molecule has 2 aromatic rings. The molecular weight excluding hydrogens is 258 g/mol. The number of hydrogen-bond donors (Lipinski definition) is 1. The van der Waals surface area contributed by atoms with E-state index in [1.807, 2.05) is 30.3 Å². The van der Waals surface area contributed by atoms with Gasteiger partial charge in [-0.25, -0.2) is 0 Å². The van der Waals surface area contributed by atoms with Crippen LogP contribution in [-0.2, 0) is 0 Å². The molecule has 2 fully saturated rings. The molecule has 108 valence electrons. The lowest BCUT2D eigenvalue weighted by atomic mass is 9.86. The van der Waals surface area contributed by atoms with E-state index in [2.05, 4.69) is 29.6 Å². The summed E-state index contributed by atoms with van der Waals surface area (Å²) in [6.07, 6.45) is 5.29. The Morgan fingerprint density at radius 1 is 0.762 bits per heavy atom. The molecule has 2 bridgehead atoms. The van der Waals surface area contributed by atoms with Crippen molar-refractivity contribution in [3.63, 3.8) is 0 Å². The van der Waals surface area contributed by atoms with E-state index in [1.165, 1.54) is 31.2 Å². The van der Waals surface area contributed by atoms with Gasteiger partial charge in [0.1, 0.15) is 11.5 Å². The number of fused-ring (bicyclic) bond motifs is 2. The maximum atomic E-state index is 5.86. The first kappa shape index (κ1) is 12.9. The summed E-state index contributed by atoms with van der Waals surface area (Å²) < 4.78 is 5.86. The Bertz CT molecular complexity index is 581. The van der Waals surface area contributed by atoms with Gasteiger partial charge in [-0.05, 0) is 61.4 Å². The Morgan fingerprint density at radius 3 is 2.05 bits per heavy atom. The molecule has 0 aromatic heterocycles. The van der Waals surface area contributed by atoms with Crippen molar-refractivity contribution in [3.05, 3.63) is 60.2 Å². The number of hydrogen-bond acceptors (Lipinski definition) is 2. The summed E-state index contributed by atoms with van der Waals surface area (Å²) in [5, 5.41) is 3.71. The summed E-state index contributed by atoms with van der Waals surface area (Å²) in [6, 6.07) is 20.1. The fourth-order valence-corrected chi connectivity index (χ4v) is 3.76.